The quantitative estimate of drug-likeness (QED) is 0.901. The topological polar surface area (TPSA) is 67.2 Å². The van der Waals surface area contributed by atoms with Crippen LogP contribution < -0.4 is 5.32 Å². The van der Waals surface area contributed by atoms with Gasteiger partial charge < -0.3 is 10.4 Å². The number of amides is 1. The van der Waals surface area contributed by atoms with Crippen molar-refractivity contribution in [1.82, 2.24) is 15.1 Å². The zero-order valence-corrected chi connectivity index (χ0v) is 11.8. The van der Waals surface area contributed by atoms with Gasteiger partial charge in [-0.15, -0.1) is 0 Å². The molecule has 0 unspecified atom stereocenters. The summed E-state index contributed by atoms with van der Waals surface area (Å²) in [6, 6.07) is 9.14. The summed E-state index contributed by atoms with van der Waals surface area (Å²) < 4.78 is 1.67. The summed E-state index contributed by atoms with van der Waals surface area (Å²) in [4.78, 5) is 12.4. The molecule has 0 saturated heterocycles. The van der Waals surface area contributed by atoms with Crippen molar-refractivity contribution in [2.75, 3.05) is 6.54 Å². The molecule has 1 aromatic carbocycles. The lowest BCUT2D eigenvalue weighted by Crippen LogP contribution is -2.41. The first kappa shape index (κ1) is 13.8. The lowest BCUT2D eigenvalue weighted by Gasteiger charge is -2.22. The number of carbonyl (C=O) groups is 1. The molecule has 110 valence electrons. The molecule has 1 amide bonds. The molecule has 0 aliphatic heterocycles. The molecule has 1 saturated carbocycles. The Kier molecular flexibility index (Phi) is 3.75. The first-order chi connectivity index (χ1) is 10.2. The highest BCUT2D eigenvalue weighted by Crippen LogP contribution is 2.28. The van der Waals surface area contributed by atoms with Crippen LogP contribution in [0.25, 0.3) is 5.69 Å². The Balaban J connectivity index is 1.76. The van der Waals surface area contributed by atoms with Crippen LogP contribution in [-0.4, -0.2) is 32.9 Å². The van der Waals surface area contributed by atoms with Gasteiger partial charge in [-0.1, -0.05) is 25.0 Å². The summed E-state index contributed by atoms with van der Waals surface area (Å²) in [7, 11) is 0. The number of aromatic nitrogens is 2. The van der Waals surface area contributed by atoms with Crippen molar-refractivity contribution in [3.8, 4) is 5.69 Å². The molecule has 5 nitrogen and oxygen atoms in total. The molecule has 0 spiro atoms. The van der Waals surface area contributed by atoms with E-state index in [1.807, 2.05) is 24.3 Å². The fourth-order valence-corrected chi connectivity index (χ4v) is 2.83. The number of aliphatic hydroxyl groups is 1. The summed E-state index contributed by atoms with van der Waals surface area (Å²) in [6.07, 6.45) is 7.04. The summed E-state index contributed by atoms with van der Waals surface area (Å²) in [5.74, 6) is -0.179. The van der Waals surface area contributed by atoms with Crippen molar-refractivity contribution in [2.24, 2.45) is 0 Å². The minimum Gasteiger partial charge on any atom is -0.388 e. The van der Waals surface area contributed by atoms with Crippen LogP contribution in [0.4, 0.5) is 0 Å². The van der Waals surface area contributed by atoms with Gasteiger partial charge in [0.25, 0.3) is 5.91 Å². The maximum Gasteiger partial charge on any atom is 0.253 e. The summed E-state index contributed by atoms with van der Waals surface area (Å²) in [5, 5.41) is 17.3. The van der Waals surface area contributed by atoms with Crippen molar-refractivity contribution in [3.63, 3.8) is 0 Å². The molecule has 1 aromatic heterocycles. The van der Waals surface area contributed by atoms with Gasteiger partial charge in [0.1, 0.15) is 0 Å². The Morgan fingerprint density at radius 3 is 2.76 bits per heavy atom. The van der Waals surface area contributed by atoms with E-state index < -0.39 is 5.60 Å². The Labute approximate surface area is 123 Å². The normalized spacial score (nSPS) is 16.8. The number of nitrogens with zero attached hydrogens (tertiary/aromatic N) is 2. The highest BCUT2D eigenvalue weighted by molar-refractivity contribution is 5.97. The lowest BCUT2D eigenvalue weighted by molar-refractivity contribution is 0.0449. The smallest absolute Gasteiger partial charge is 0.253 e. The van der Waals surface area contributed by atoms with E-state index >= 15 is 0 Å². The Bertz CT molecular complexity index is 616. The van der Waals surface area contributed by atoms with Crippen molar-refractivity contribution >= 4 is 5.91 Å². The van der Waals surface area contributed by atoms with Crippen LogP contribution in [0.1, 0.15) is 36.0 Å². The molecule has 1 heterocycles. The van der Waals surface area contributed by atoms with Crippen LogP contribution >= 0.6 is 0 Å². The highest BCUT2D eigenvalue weighted by Gasteiger charge is 2.31. The number of benzene rings is 1. The van der Waals surface area contributed by atoms with E-state index in [9.17, 15) is 9.90 Å². The minimum atomic E-state index is -0.740. The molecule has 1 aliphatic carbocycles. The number of hydrogen-bond donors (Lipinski definition) is 2. The summed E-state index contributed by atoms with van der Waals surface area (Å²) in [6.45, 7) is 0.305. The molecular weight excluding hydrogens is 266 g/mol. The van der Waals surface area contributed by atoms with E-state index in [1.54, 1.807) is 23.1 Å². The number of para-hydroxylation sites is 1. The highest BCUT2D eigenvalue weighted by atomic mass is 16.3. The number of carbonyl (C=O) groups excluding carboxylic acids is 1. The van der Waals surface area contributed by atoms with E-state index in [1.165, 1.54) is 0 Å². The molecule has 2 aromatic rings. The SMILES string of the molecule is O=C(NCC1(O)CCCC1)c1ccccc1-n1cccn1. The second kappa shape index (κ2) is 5.69. The molecule has 1 fully saturated rings. The van der Waals surface area contributed by atoms with E-state index in [4.69, 9.17) is 0 Å². The van der Waals surface area contributed by atoms with Gasteiger partial charge in [-0.25, -0.2) is 4.68 Å². The van der Waals surface area contributed by atoms with Gasteiger partial charge in [-0.3, -0.25) is 4.79 Å². The Morgan fingerprint density at radius 1 is 1.29 bits per heavy atom. The first-order valence-corrected chi connectivity index (χ1v) is 7.28. The molecule has 5 heteroatoms. The number of nitrogens with one attached hydrogen (secondary N) is 1. The van der Waals surface area contributed by atoms with Gasteiger partial charge >= 0.3 is 0 Å². The van der Waals surface area contributed by atoms with E-state index in [0.29, 0.717) is 12.1 Å². The van der Waals surface area contributed by atoms with Crippen molar-refractivity contribution in [1.29, 1.82) is 0 Å². The van der Waals surface area contributed by atoms with Crippen LogP contribution in [0.15, 0.2) is 42.7 Å². The second-order valence-electron chi connectivity index (χ2n) is 5.58. The van der Waals surface area contributed by atoms with Crippen LogP contribution in [-0.2, 0) is 0 Å². The lowest BCUT2D eigenvalue weighted by atomic mass is 10.0. The summed E-state index contributed by atoms with van der Waals surface area (Å²) in [5.41, 5.74) is 0.553. The molecule has 0 bridgehead atoms. The van der Waals surface area contributed by atoms with Crippen molar-refractivity contribution in [3.05, 3.63) is 48.3 Å². The third-order valence-electron chi connectivity index (χ3n) is 4.01. The zero-order chi connectivity index (χ0) is 14.7. The van der Waals surface area contributed by atoms with E-state index in [0.717, 1.165) is 31.4 Å². The standard InChI is InChI=1S/C16H19N3O2/c20-15(17-12-16(21)8-3-4-9-16)13-6-1-2-7-14(13)19-11-5-10-18-19/h1-2,5-7,10-11,21H,3-4,8-9,12H2,(H,17,20). The molecule has 0 radical (unpaired) electrons. The molecule has 21 heavy (non-hydrogen) atoms. The Morgan fingerprint density at radius 2 is 2.05 bits per heavy atom. The van der Waals surface area contributed by atoms with E-state index in [2.05, 4.69) is 10.4 Å². The summed E-state index contributed by atoms with van der Waals surface area (Å²) >= 11 is 0. The average molecular weight is 285 g/mol. The monoisotopic (exact) mass is 285 g/mol. The number of hydrogen-bond acceptors (Lipinski definition) is 3. The first-order valence-electron chi connectivity index (χ1n) is 7.28. The predicted molar refractivity (Wildman–Crippen MR) is 79.3 cm³/mol. The fraction of sp³-hybridized carbons (Fsp3) is 0.375. The minimum absolute atomic E-state index is 0.179. The maximum atomic E-state index is 12.4. The van der Waals surface area contributed by atoms with Crippen molar-refractivity contribution < 1.29 is 9.90 Å². The van der Waals surface area contributed by atoms with Crippen molar-refractivity contribution in [2.45, 2.75) is 31.3 Å². The third kappa shape index (κ3) is 2.97. The number of rotatable bonds is 4. The van der Waals surface area contributed by atoms with E-state index in [-0.39, 0.29) is 5.91 Å². The van der Waals surface area contributed by atoms with Crippen LogP contribution in [0.2, 0.25) is 0 Å². The van der Waals surface area contributed by atoms with Gasteiger partial charge in [-0.2, -0.15) is 5.10 Å². The molecule has 1 aliphatic rings. The van der Waals surface area contributed by atoms with Crippen LogP contribution in [0.3, 0.4) is 0 Å². The molecule has 0 atom stereocenters. The molecular formula is C16H19N3O2. The zero-order valence-electron chi connectivity index (χ0n) is 11.8. The van der Waals surface area contributed by atoms with Gasteiger partial charge in [0, 0.05) is 18.9 Å². The fourth-order valence-electron chi connectivity index (χ4n) is 2.83. The van der Waals surface area contributed by atoms with Gasteiger partial charge in [0.2, 0.25) is 0 Å². The van der Waals surface area contributed by atoms with Crippen LogP contribution in [0.5, 0.6) is 0 Å². The van der Waals surface area contributed by atoms with Crippen LogP contribution in [0, 0.1) is 0 Å². The molecule has 3 rings (SSSR count). The third-order valence-corrected chi connectivity index (χ3v) is 4.01. The average Bonchev–Trinajstić information content (AvgIpc) is 3.17. The van der Waals surface area contributed by atoms with Gasteiger partial charge in [0.15, 0.2) is 0 Å². The maximum absolute atomic E-state index is 12.4. The largest absolute Gasteiger partial charge is 0.388 e. The molecule has 2 N–H and O–H groups in total. The van der Waals surface area contributed by atoms with Gasteiger partial charge in [0.05, 0.1) is 16.9 Å². The Hall–Kier alpha value is -2.14. The second-order valence-corrected chi connectivity index (χ2v) is 5.58. The predicted octanol–water partition coefficient (Wildman–Crippen LogP) is 1.91. The van der Waals surface area contributed by atoms with Gasteiger partial charge in [-0.05, 0) is 31.0 Å².